The number of sulfonamides is 1. The maximum Gasteiger partial charge on any atom is 0.304 e. The highest BCUT2D eigenvalue weighted by Gasteiger charge is 2.39. The summed E-state index contributed by atoms with van der Waals surface area (Å²) in [5.41, 5.74) is 2.13. The second-order valence-electron chi connectivity index (χ2n) is 8.83. The van der Waals surface area contributed by atoms with Gasteiger partial charge in [0.25, 0.3) is 0 Å². The van der Waals surface area contributed by atoms with Crippen LogP contribution in [0.3, 0.4) is 0 Å². The molecule has 0 saturated carbocycles. The maximum absolute atomic E-state index is 14.0. The number of aliphatic carboxylic acids is 1. The second-order valence-corrected chi connectivity index (χ2v) is 11.9. The van der Waals surface area contributed by atoms with Crippen molar-refractivity contribution < 1.29 is 23.1 Å². The average molecular weight is 548 g/mol. The maximum atomic E-state index is 14.0. The van der Waals surface area contributed by atoms with Gasteiger partial charge in [-0.3, -0.25) is 14.5 Å². The minimum atomic E-state index is -3.55. The van der Waals surface area contributed by atoms with Gasteiger partial charge in [0.05, 0.1) is 24.3 Å². The number of carbonyl (C=O) groups excluding carboxylic acids is 1. The molecule has 3 aromatic rings. The molecular formula is C25H26ClN3O5S2. The Bertz CT molecular complexity index is 1350. The largest absolute Gasteiger partial charge is 0.481 e. The summed E-state index contributed by atoms with van der Waals surface area (Å²) in [6, 6.07) is 15.9. The molecule has 8 nitrogen and oxygen atoms in total. The molecule has 190 valence electrons. The van der Waals surface area contributed by atoms with Crippen molar-refractivity contribution in [1.82, 2.24) is 9.71 Å². The standard InChI is InChI=1S/C25H26ClN3O5S2/c1-36(33,34)28-17-11-12-18(16-7-3-2-4-8-16)20(13-23(30)31)24(32)29(14-17)25-27-22(15-35-25)19-9-5-6-10-21(19)26/h2-10,15,17-18,20,28H,11-14H2,1H3,(H,30,31)/t17-,18?,20+/m1/s1. The number of carboxylic acids is 1. The van der Waals surface area contributed by atoms with Crippen molar-refractivity contribution in [2.75, 3.05) is 17.7 Å². The van der Waals surface area contributed by atoms with Crippen LogP contribution in [0, 0.1) is 5.92 Å². The predicted octanol–water partition coefficient (Wildman–Crippen LogP) is 4.38. The molecule has 1 aliphatic heterocycles. The van der Waals surface area contributed by atoms with Crippen LogP contribution in [0.2, 0.25) is 5.02 Å². The van der Waals surface area contributed by atoms with E-state index in [9.17, 15) is 23.1 Å². The van der Waals surface area contributed by atoms with E-state index in [1.165, 1.54) is 16.2 Å². The molecule has 0 bridgehead atoms. The molecular weight excluding hydrogens is 522 g/mol. The van der Waals surface area contributed by atoms with Gasteiger partial charge in [0.15, 0.2) is 5.13 Å². The first-order valence-corrected chi connectivity index (χ1v) is 14.5. The number of thiazole rings is 1. The van der Waals surface area contributed by atoms with Gasteiger partial charge in [0, 0.05) is 28.6 Å². The lowest BCUT2D eigenvalue weighted by Crippen LogP contribution is -2.50. The van der Waals surface area contributed by atoms with Crippen molar-refractivity contribution in [2.24, 2.45) is 5.92 Å². The summed E-state index contributed by atoms with van der Waals surface area (Å²) in [7, 11) is -3.55. The van der Waals surface area contributed by atoms with Crippen LogP contribution in [0.15, 0.2) is 60.0 Å². The molecule has 1 unspecified atom stereocenters. The molecule has 1 fully saturated rings. The monoisotopic (exact) mass is 547 g/mol. The number of benzene rings is 2. The molecule has 1 amide bonds. The summed E-state index contributed by atoms with van der Waals surface area (Å²) in [6.07, 6.45) is 1.62. The number of hydrogen-bond acceptors (Lipinski definition) is 6. The molecule has 0 aliphatic carbocycles. The summed E-state index contributed by atoms with van der Waals surface area (Å²) in [5, 5.41) is 12.3. The van der Waals surface area contributed by atoms with Gasteiger partial charge in [-0.2, -0.15) is 0 Å². The highest BCUT2D eigenvalue weighted by atomic mass is 35.5. The third-order valence-electron chi connectivity index (χ3n) is 6.17. The van der Waals surface area contributed by atoms with E-state index in [-0.39, 0.29) is 13.0 Å². The fraction of sp³-hybridized carbons (Fsp3) is 0.320. The van der Waals surface area contributed by atoms with Crippen LogP contribution in [0.4, 0.5) is 5.13 Å². The number of nitrogens with one attached hydrogen (secondary N) is 1. The minimum Gasteiger partial charge on any atom is -0.481 e. The molecule has 2 heterocycles. The molecule has 4 rings (SSSR count). The zero-order valence-corrected chi connectivity index (χ0v) is 21.9. The molecule has 2 N–H and O–H groups in total. The Morgan fingerprint density at radius 3 is 2.53 bits per heavy atom. The number of anilines is 1. The van der Waals surface area contributed by atoms with Crippen LogP contribution >= 0.6 is 22.9 Å². The number of carbonyl (C=O) groups is 2. The lowest BCUT2D eigenvalue weighted by Gasteiger charge is -2.36. The second kappa shape index (κ2) is 11.1. The molecule has 1 aromatic heterocycles. The molecule has 0 spiro atoms. The van der Waals surface area contributed by atoms with Crippen molar-refractivity contribution in [1.29, 1.82) is 0 Å². The molecule has 3 atom stereocenters. The number of amides is 1. The summed E-state index contributed by atoms with van der Waals surface area (Å²) in [4.78, 5) is 31.9. The highest BCUT2D eigenvalue weighted by molar-refractivity contribution is 7.88. The average Bonchev–Trinajstić information content (AvgIpc) is 3.30. The fourth-order valence-corrected chi connectivity index (χ4v) is 6.49. The van der Waals surface area contributed by atoms with Crippen molar-refractivity contribution in [3.63, 3.8) is 0 Å². The molecule has 1 saturated heterocycles. The first-order valence-electron chi connectivity index (χ1n) is 11.4. The molecule has 1 aliphatic rings. The Balaban J connectivity index is 1.77. The van der Waals surface area contributed by atoms with E-state index in [4.69, 9.17) is 11.6 Å². The normalized spacial score (nSPS) is 21.1. The lowest BCUT2D eigenvalue weighted by molar-refractivity contribution is -0.141. The van der Waals surface area contributed by atoms with Gasteiger partial charge in [-0.1, -0.05) is 60.1 Å². The van der Waals surface area contributed by atoms with Crippen LogP contribution in [-0.4, -0.2) is 49.2 Å². The van der Waals surface area contributed by atoms with E-state index >= 15 is 0 Å². The Hall–Kier alpha value is -2.79. The van der Waals surface area contributed by atoms with Gasteiger partial charge in [-0.25, -0.2) is 18.1 Å². The van der Waals surface area contributed by atoms with Gasteiger partial charge in [-0.15, -0.1) is 11.3 Å². The Kier molecular flexibility index (Phi) is 8.09. The number of hydrogen-bond donors (Lipinski definition) is 2. The van der Waals surface area contributed by atoms with E-state index in [2.05, 4.69) is 9.71 Å². The smallest absolute Gasteiger partial charge is 0.304 e. The van der Waals surface area contributed by atoms with E-state index in [1.54, 1.807) is 11.4 Å². The molecule has 0 radical (unpaired) electrons. The van der Waals surface area contributed by atoms with Gasteiger partial charge in [0.1, 0.15) is 0 Å². The number of nitrogens with zero attached hydrogens (tertiary/aromatic N) is 2. The Morgan fingerprint density at radius 1 is 1.17 bits per heavy atom. The van der Waals surface area contributed by atoms with Crippen LogP contribution in [0.1, 0.15) is 30.7 Å². The van der Waals surface area contributed by atoms with E-state index in [0.29, 0.717) is 34.3 Å². The molecule has 2 aromatic carbocycles. The van der Waals surface area contributed by atoms with Crippen molar-refractivity contribution in [3.05, 3.63) is 70.6 Å². The number of carboxylic acid groups (broad SMARTS) is 1. The molecule has 11 heteroatoms. The summed E-state index contributed by atoms with van der Waals surface area (Å²) < 4.78 is 26.8. The summed E-state index contributed by atoms with van der Waals surface area (Å²) >= 11 is 7.56. The van der Waals surface area contributed by atoms with Crippen molar-refractivity contribution in [2.45, 2.75) is 31.2 Å². The topological polar surface area (TPSA) is 117 Å². The SMILES string of the molecule is CS(=O)(=O)N[C@@H]1CCC(c2ccccc2)[C@H](CC(=O)O)C(=O)N(c2nc(-c3ccccc3Cl)cs2)C1. The Labute approximate surface area is 219 Å². The van der Waals surface area contributed by atoms with E-state index in [1.807, 2.05) is 48.5 Å². The lowest BCUT2D eigenvalue weighted by atomic mass is 9.78. The number of aromatic nitrogens is 1. The van der Waals surface area contributed by atoms with Gasteiger partial charge < -0.3 is 5.11 Å². The van der Waals surface area contributed by atoms with Crippen molar-refractivity contribution >= 4 is 50.0 Å². The minimum absolute atomic E-state index is 0.0407. The van der Waals surface area contributed by atoms with Crippen LogP contribution < -0.4 is 9.62 Å². The van der Waals surface area contributed by atoms with Crippen LogP contribution in [-0.2, 0) is 19.6 Å². The predicted molar refractivity (Wildman–Crippen MR) is 141 cm³/mol. The number of halogens is 1. The summed E-state index contributed by atoms with van der Waals surface area (Å²) in [5.74, 6) is -2.70. The van der Waals surface area contributed by atoms with Gasteiger partial charge in [0.2, 0.25) is 15.9 Å². The first kappa shape index (κ1) is 26.3. The zero-order chi connectivity index (χ0) is 25.9. The van der Waals surface area contributed by atoms with Gasteiger partial charge >= 0.3 is 5.97 Å². The van der Waals surface area contributed by atoms with E-state index in [0.717, 1.165) is 11.8 Å². The van der Waals surface area contributed by atoms with Crippen LogP contribution in [0.25, 0.3) is 11.3 Å². The zero-order valence-electron chi connectivity index (χ0n) is 19.5. The third-order valence-corrected chi connectivity index (χ3v) is 8.13. The Morgan fingerprint density at radius 2 is 1.86 bits per heavy atom. The fourth-order valence-electron chi connectivity index (χ4n) is 4.62. The third kappa shape index (κ3) is 6.31. The van der Waals surface area contributed by atoms with Crippen molar-refractivity contribution in [3.8, 4) is 11.3 Å². The van der Waals surface area contributed by atoms with Gasteiger partial charge in [-0.05, 0) is 30.4 Å². The number of rotatable bonds is 7. The highest BCUT2D eigenvalue weighted by Crippen LogP contribution is 2.38. The first-order chi connectivity index (χ1) is 17.1. The quantitative estimate of drug-likeness (QED) is 0.453. The van der Waals surface area contributed by atoms with E-state index < -0.39 is 39.8 Å². The molecule has 36 heavy (non-hydrogen) atoms. The van der Waals surface area contributed by atoms with Crippen LogP contribution in [0.5, 0.6) is 0 Å². The summed E-state index contributed by atoms with van der Waals surface area (Å²) in [6.45, 7) is 0.0407.